The molecule has 0 aromatic heterocycles. The van der Waals surface area contributed by atoms with Crippen LogP contribution in [-0.2, 0) is 4.84 Å². The van der Waals surface area contributed by atoms with Gasteiger partial charge in [0, 0.05) is 7.05 Å². The van der Waals surface area contributed by atoms with E-state index >= 15 is 0 Å². The van der Waals surface area contributed by atoms with Crippen LogP contribution in [0.25, 0.3) is 0 Å². The number of rotatable bonds is 3. The van der Waals surface area contributed by atoms with Gasteiger partial charge in [-0.3, -0.25) is 4.84 Å². The van der Waals surface area contributed by atoms with Gasteiger partial charge in [0.05, 0.1) is 12.8 Å². The summed E-state index contributed by atoms with van der Waals surface area (Å²) in [6.07, 6.45) is 1.62. The van der Waals surface area contributed by atoms with Gasteiger partial charge >= 0.3 is 0 Å². The SMILES string of the molecule is CON(C)C=Nc1ccccc1. The lowest BCUT2D eigenvalue weighted by molar-refractivity contribution is -0.0363. The molecular weight excluding hydrogens is 152 g/mol. The highest BCUT2D eigenvalue weighted by molar-refractivity contribution is 5.59. The van der Waals surface area contributed by atoms with E-state index in [9.17, 15) is 0 Å². The Morgan fingerprint density at radius 3 is 2.58 bits per heavy atom. The van der Waals surface area contributed by atoms with E-state index in [1.54, 1.807) is 20.5 Å². The molecule has 1 rings (SSSR count). The second-order valence-electron chi connectivity index (χ2n) is 2.31. The summed E-state index contributed by atoms with van der Waals surface area (Å²) in [4.78, 5) is 9.01. The van der Waals surface area contributed by atoms with Crippen molar-refractivity contribution in [2.75, 3.05) is 14.2 Å². The third kappa shape index (κ3) is 2.72. The Morgan fingerprint density at radius 2 is 2.00 bits per heavy atom. The zero-order chi connectivity index (χ0) is 8.81. The highest BCUT2D eigenvalue weighted by Crippen LogP contribution is 2.08. The number of hydroxylamine groups is 2. The van der Waals surface area contributed by atoms with Crippen LogP contribution in [-0.4, -0.2) is 25.6 Å². The molecule has 0 fully saturated rings. The summed E-state index contributed by atoms with van der Waals surface area (Å²) in [5.74, 6) is 0. The van der Waals surface area contributed by atoms with Crippen molar-refractivity contribution in [1.82, 2.24) is 5.06 Å². The molecule has 0 heterocycles. The summed E-state index contributed by atoms with van der Waals surface area (Å²) in [7, 11) is 3.38. The third-order valence-corrected chi connectivity index (χ3v) is 1.41. The van der Waals surface area contributed by atoms with E-state index < -0.39 is 0 Å². The van der Waals surface area contributed by atoms with Gasteiger partial charge in [0.1, 0.15) is 6.34 Å². The number of nitrogens with zero attached hydrogens (tertiary/aromatic N) is 2. The van der Waals surface area contributed by atoms with Crippen LogP contribution in [0.3, 0.4) is 0 Å². The van der Waals surface area contributed by atoms with Crippen molar-refractivity contribution < 1.29 is 4.84 Å². The van der Waals surface area contributed by atoms with Gasteiger partial charge in [-0.1, -0.05) is 18.2 Å². The van der Waals surface area contributed by atoms with Crippen LogP contribution < -0.4 is 0 Å². The van der Waals surface area contributed by atoms with E-state index in [1.807, 2.05) is 30.3 Å². The van der Waals surface area contributed by atoms with Crippen LogP contribution in [0, 0.1) is 0 Å². The summed E-state index contributed by atoms with van der Waals surface area (Å²) < 4.78 is 0. The van der Waals surface area contributed by atoms with Gasteiger partial charge in [0.25, 0.3) is 0 Å². The van der Waals surface area contributed by atoms with Crippen LogP contribution in [0.2, 0.25) is 0 Å². The average Bonchev–Trinajstić information content (AvgIpc) is 2.16. The molecular formula is C9H12N2O. The van der Waals surface area contributed by atoms with Gasteiger partial charge in [-0.2, -0.15) is 0 Å². The zero-order valence-corrected chi connectivity index (χ0v) is 7.27. The van der Waals surface area contributed by atoms with Crippen molar-refractivity contribution in [3.05, 3.63) is 30.3 Å². The first-order chi connectivity index (χ1) is 5.83. The first kappa shape index (κ1) is 8.74. The first-order valence-electron chi connectivity index (χ1n) is 3.69. The lowest BCUT2D eigenvalue weighted by atomic mass is 10.3. The molecule has 0 aliphatic rings. The quantitative estimate of drug-likeness (QED) is 0.387. The monoisotopic (exact) mass is 164 g/mol. The lowest BCUT2D eigenvalue weighted by Gasteiger charge is -2.07. The fraction of sp³-hybridized carbons (Fsp3) is 0.222. The topological polar surface area (TPSA) is 24.8 Å². The lowest BCUT2D eigenvalue weighted by Crippen LogP contribution is -2.13. The Balaban J connectivity index is 2.58. The Labute approximate surface area is 72.2 Å². The van der Waals surface area contributed by atoms with Gasteiger partial charge < -0.3 is 0 Å². The summed E-state index contributed by atoms with van der Waals surface area (Å²) in [5.41, 5.74) is 0.918. The second kappa shape index (κ2) is 4.51. The molecule has 0 aliphatic heterocycles. The van der Waals surface area contributed by atoms with Crippen LogP contribution in [0.5, 0.6) is 0 Å². The normalized spacial score (nSPS) is 10.5. The number of aliphatic imine (C=N–C) groups is 1. The minimum Gasteiger partial charge on any atom is -0.276 e. The third-order valence-electron chi connectivity index (χ3n) is 1.41. The van der Waals surface area contributed by atoms with Crippen LogP contribution in [0.4, 0.5) is 5.69 Å². The maximum Gasteiger partial charge on any atom is 0.116 e. The van der Waals surface area contributed by atoms with Gasteiger partial charge in [0.2, 0.25) is 0 Å². The predicted octanol–water partition coefficient (Wildman–Crippen LogP) is 1.84. The molecule has 0 spiro atoms. The molecule has 0 unspecified atom stereocenters. The summed E-state index contributed by atoms with van der Waals surface area (Å²) in [6, 6.07) is 9.71. The average molecular weight is 164 g/mol. The summed E-state index contributed by atoms with van der Waals surface area (Å²) in [5, 5.41) is 1.53. The molecule has 0 saturated heterocycles. The van der Waals surface area contributed by atoms with Crippen molar-refractivity contribution in [2.24, 2.45) is 4.99 Å². The molecule has 1 aromatic rings. The van der Waals surface area contributed by atoms with Crippen LogP contribution >= 0.6 is 0 Å². The summed E-state index contributed by atoms with van der Waals surface area (Å²) >= 11 is 0. The fourth-order valence-corrected chi connectivity index (χ4v) is 0.709. The number of benzene rings is 1. The smallest absolute Gasteiger partial charge is 0.116 e. The maximum absolute atomic E-state index is 4.86. The molecule has 0 atom stereocenters. The van der Waals surface area contributed by atoms with Gasteiger partial charge in [0.15, 0.2) is 0 Å². The molecule has 0 amide bonds. The Hall–Kier alpha value is -1.35. The maximum atomic E-state index is 4.86. The van der Waals surface area contributed by atoms with Crippen LogP contribution in [0.15, 0.2) is 35.3 Å². The zero-order valence-electron chi connectivity index (χ0n) is 7.27. The van der Waals surface area contributed by atoms with Crippen molar-refractivity contribution >= 4 is 12.0 Å². The van der Waals surface area contributed by atoms with Crippen molar-refractivity contribution in [3.8, 4) is 0 Å². The molecule has 0 bridgehead atoms. The minimum absolute atomic E-state index is 0.918. The predicted molar refractivity (Wildman–Crippen MR) is 49.4 cm³/mol. The van der Waals surface area contributed by atoms with Crippen molar-refractivity contribution in [1.29, 1.82) is 0 Å². The van der Waals surface area contributed by atoms with E-state index in [4.69, 9.17) is 4.84 Å². The molecule has 0 N–H and O–H groups in total. The molecule has 3 heteroatoms. The number of para-hydroxylation sites is 1. The Morgan fingerprint density at radius 1 is 1.33 bits per heavy atom. The van der Waals surface area contributed by atoms with E-state index in [2.05, 4.69) is 4.99 Å². The van der Waals surface area contributed by atoms with Crippen molar-refractivity contribution in [2.45, 2.75) is 0 Å². The van der Waals surface area contributed by atoms with E-state index in [0.717, 1.165) is 5.69 Å². The van der Waals surface area contributed by atoms with E-state index in [1.165, 1.54) is 5.06 Å². The molecule has 0 aliphatic carbocycles. The number of hydrogen-bond donors (Lipinski definition) is 0. The molecule has 0 saturated carbocycles. The van der Waals surface area contributed by atoms with E-state index in [0.29, 0.717) is 0 Å². The second-order valence-corrected chi connectivity index (χ2v) is 2.31. The van der Waals surface area contributed by atoms with Gasteiger partial charge in [-0.15, -0.1) is 0 Å². The Bertz CT molecular complexity index is 246. The molecule has 1 aromatic carbocycles. The van der Waals surface area contributed by atoms with Gasteiger partial charge in [-0.05, 0) is 12.1 Å². The first-order valence-corrected chi connectivity index (χ1v) is 3.69. The highest BCUT2D eigenvalue weighted by Gasteiger charge is 1.85. The largest absolute Gasteiger partial charge is 0.276 e. The van der Waals surface area contributed by atoms with Crippen LogP contribution in [0.1, 0.15) is 0 Å². The summed E-state index contributed by atoms with van der Waals surface area (Å²) in [6.45, 7) is 0. The van der Waals surface area contributed by atoms with Gasteiger partial charge in [-0.25, -0.2) is 10.1 Å². The Kier molecular flexibility index (Phi) is 3.29. The van der Waals surface area contributed by atoms with E-state index in [-0.39, 0.29) is 0 Å². The number of hydrogen-bond acceptors (Lipinski definition) is 2. The standard InChI is InChI=1S/C9H12N2O/c1-11(12-2)8-10-9-6-4-3-5-7-9/h3-8H,1-2H3. The molecule has 12 heavy (non-hydrogen) atoms. The molecule has 3 nitrogen and oxygen atoms in total. The highest BCUT2D eigenvalue weighted by atomic mass is 16.7. The molecule has 64 valence electrons. The minimum atomic E-state index is 0.918. The van der Waals surface area contributed by atoms with Crippen molar-refractivity contribution in [3.63, 3.8) is 0 Å². The fourth-order valence-electron chi connectivity index (χ4n) is 0.709. The molecule has 0 radical (unpaired) electrons.